The van der Waals surface area contributed by atoms with Gasteiger partial charge in [0.25, 0.3) is 0 Å². The van der Waals surface area contributed by atoms with E-state index < -0.39 is 18.5 Å². The van der Waals surface area contributed by atoms with Crippen molar-refractivity contribution in [1.82, 2.24) is 4.90 Å². The molecular formula is C20H27N2O5PS. The summed E-state index contributed by atoms with van der Waals surface area (Å²) in [5.74, 6) is -1.05. The van der Waals surface area contributed by atoms with Gasteiger partial charge in [0.15, 0.2) is 5.16 Å². The van der Waals surface area contributed by atoms with Crippen molar-refractivity contribution < 1.29 is 24.5 Å². The maximum Gasteiger partial charge on any atom is 0.320 e. The monoisotopic (exact) mass is 438 g/mol. The van der Waals surface area contributed by atoms with Crippen LogP contribution in [0.15, 0.2) is 35.7 Å². The highest BCUT2D eigenvalue weighted by atomic mass is 32.1. The number of aromatic hydroxyl groups is 1. The molecule has 7 nitrogen and oxygen atoms in total. The Labute approximate surface area is 174 Å². The van der Waals surface area contributed by atoms with E-state index in [1.165, 1.54) is 0 Å². The third-order valence-electron chi connectivity index (χ3n) is 5.59. The van der Waals surface area contributed by atoms with E-state index in [0.29, 0.717) is 32.5 Å². The third kappa shape index (κ3) is 4.57. The van der Waals surface area contributed by atoms with Crippen molar-refractivity contribution in [3.05, 3.63) is 41.3 Å². The van der Waals surface area contributed by atoms with Crippen molar-refractivity contribution in [1.29, 1.82) is 0 Å². The minimum atomic E-state index is -3.85. The highest BCUT2D eigenvalue weighted by Gasteiger charge is 2.56. The van der Waals surface area contributed by atoms with Gasteiger partial charge in [-0.2, -0.15) is 0 Å². The molecule has 0 aliphatic carbocycles. The number of nitrogens with zero attached hydrogens (tertiary/aromatic N) is 1. The molecule has 2 aromatic rings. The number of rotatable bonds is 8. The minimum Gasteiger partial charge on any atom is -0.508 e. The number of carboxylic acid groups (broad SMARTS) is 1. The molecule has 0 amide bonds. The molecule has 9 heteroatoms. The molecule has 5 N–H and O–H groups in total. The summed E-state index contributed by atoms with van der Waals surface area (Å²) < 4.78 is 12.9. The Hall–Kier alpha value is -1.70. The number of hydrogen-bond acceptors (Lipinski definition) is 6. The van der Waals surface area contributed by atoms with Gasteiger partial charge in [0.1, 0.15) is 5.75 Å². The van der Waals surface area contributed by atoms with Gasteiger partial charge in [0.2, 0.25) is 7.37 Å². The Morgan fingerprint density at radius 1 is 1.31 bits per heavy atom. The number of phenols is 1. The highest BCUT2D eigenvalue weighted by molar-refractivity contribution is 7.61. The average Bonchev–Trinajstić information content (AvgIpc) is 3.20. The number of carbonyl (C=O) groups is 1. The zero-order valence-corrected chi connectivity index (χ0v) is 17.9. The quantitative estimate of drug-likeness (QED) is 0.369. The molecule has 0 saturated carbocycles. The summed E-state index contributed by atoms with van der Waals surface area (Å²) in [5.41, 5.74) is 7.36. The standard InChI is InChI=1S/C20H27N2O5PS/c21-8-2-1-7-20(19(24)25)14-22(9-10-28(20,26)27)13-15-5-6-16(23)12-17(15)18-4-3-11-29-18/h3-6,11-12,23H,1-2,7-10,13-14,21H2,(H,24,25)(H,26,27)/t20-/m0/s1. The minimum absolute atomic E-state index is 0.0193. The molecule has 1 aliphatic rings. The van der Waals surface area contributed by atoms with Gasteiger partial charge in [0, 0.05) is 30.7 Å². The summed E-state index contributed by atoms with van der Waals surface area (Å²) in [5, 5.41) is 20.1. The number of carboxylic acids is 1. The Balaban J connectivity index is 1.88. The van der Waals surface area contributed by atoms with E-state index in [4.69, 9.17) is 5.73 Å². The molecule has 1 aromatic carbocycles. The third-order valence-corrected chi connectivity index (χ3v) is 9.19. The summed E-state index contributed by atoms with van der Waals surface area (Å²) in [6.07, 6.45) is 1.21. The first kappa shape index (κ1) is 22.0. The van der Waals surface area contributed by atoms with Gasteiger partial charge in [-0.25, -0.2) is 0 Å². The Bertz CT molecular complexity index is 904. The lowest BCUT2D eigenvalue weighted by Gasteiger charge is -2.43. The average molecular weight is 438 g/mol. The van der Waals surface area contributed by atoms with Crippen LogP contribution in [0.5, 0.6) is 5.75 Å². The van der Waals surface area contributed by atoms with Crippen LogP contribution in [-0.2, 0) is 15.9 Å². The number of benzene rings is 1. The number of hydrogen-bond donors (Lipinski definition) is 4. The Morgan fingerprint density at radius 3 is 2.76 bits per heavy atom. The van der Waals surface area contributed by atoms with E-state index in [1.807, 2.05) is 28.5 Å². The highest BCUT2D eigenvalue weighted by Crippen LogP contribution is 2.59. The molecule has 0 spiro atoms. The molecule has 158 valence electrons. The molecule has 1 unspecified atom stereocenters. The summed E-state index contributed by atoms with van der Waals surface area (Å²) in [4.78, 5) is 25.7. The Morgan fingerprint density at radius 2 is 2.10 bits per heavy atom. The van der Waals surface area contributed by atoms with Crippen LogP contribution in [0.1, 0.15) is 24.8 Å². The van der Waals surface area contributed by atoms with Gasteiger partial charge in [0.05, 0.1) is 0 Å². The van der Waals surface area contributed by atoms with Crippen molar-refractivity contribution in [2.75, 3.05) is 25.8 Å². The molecular weight excluding hydrogens is 411 g/mol. The van der Waals surface area contributed by atoms with Gasteiger partial charge in [-0.05, 0) is 54.1 Å². The van der Waals surface area contributed by atoms with E-state index in [1.54, 1.807) is 23.5 Å². The van der Waals surface area contributed by atoms with E-state index in [9.17, 15) is 24.5 Å². The molecule has 1 aliphatic heterocycles. The molecule has 29 heavy (non-hydrogen) atoms. The first-order valence-electron chi connectivity index (χ1n) is 9.62. The fourth-order valence-corrected chi connectivity index (χ4v) is 6.92. The van der Waals surface area contributed by atoms with Gasteiger partial charge in [-0.15, -0.1) is 11.3 Å². The van der Waals surface area contributed by atoms with Crippen LogP contribution in [0.4, 0.5) is 0 Å². The summed E-state index contributed by atoms with van der Waals surface area (Å²) in [6, 6.07) is 9.04. The second-order valence-electron chi connectivity index (χ2n) is 7.54. The lowest BCUT2D eigenvalue weighted by atomic mass is 9.98. The van der Waals surface area contributed by atoms with Gasteiger partial charge in [-0.3, -0.25) is 14.3 Å². The van der Waals surface area contributed by atoms with Crippen LogP contribution in [0.25, 0.3) is 10.4 Å². The smallest absolute Gasteiger partial charge is 0.320 e. The molecule has 1 fully saturated rings. The molecule has 0 radical (unpaired) electrons. The maximum absolute atomic E-state index is 12.9. The van der Waals surface area contributed by atoms with Crippen LogP contribution < -0.4 is 5.73 Å². The van der Waals surface area contributed by atoms with Gasteiger partial charge >= 0.3 is 5.97 Å². The van der Waals surface area contributed by atoms with Crippen LogP contribution in [0, 0.1) is 0 Å². The molecule has 2 atom stereocenters. The number of aliphatic carboxylic acids is 1. The van der Waals surface area contributed by atoms with E-state index in [2.05, 4.69) is 0 Å². The predicted octanol–water partition coefficient (Wildman–Crippen LogP) is 3.16. The van der Waals surface area contributed by atoms with E-state index >= 15 is 0 Å². The first-order valence-corrected chi connectivity index (χ1v) is 12.3. The van der Waals surface area contributed by atoms with Crippen LogP contribution in [0.2, 0.25) is 0 Å². The number of thiophene rings is 1. The van der Waals surface area contributed by atoms with Crippen molar-refractivity contribution >= 4 is 24.7 Å². The van der Waals surface area contributed by atoms with Gasteiger partial charge in [-0.1, -0.05) is 18.6 Å². The molecule has 3 rings (SSSR count). The summed E-state index contributed by atoms with van der Waals surface area (Å²) in [6.45, 7) is 1.24. The zero-order valence-electron chi connectivity index (χ0n) is 16.2. The molecule has 0 bridgehead atoms. The first-order chi connectivity index (χ1) is 13.8. The van der Waals surface area contributed by atoms with Crippen LogP contribution >= 0.6 is 18.7 Å². The predicted molar refractivity (Wildman–Crippen MR) is 115 cm³/mol. The second-order valence-corrected chi connectivity index (χ2v) is 11.2. The summed E-state index contributed by atoms with van der Waals surface area (Å²) >= 11 is 1.56. The topological polar surface area (TPSA) is 124 Å². The van der Waals surface area contributed by atoms with Gasteiger partial charge < -0.3 is 20.8 Å². The number of phenolic OH excluding ortho intramolecular Hbond substituents is 1. The van der Waals surface area contributed by atoms with Crippen LogP contribution in [-0.4, -0.2) is 56.9 Å². The summed E-state index contributed by atoms with van der Waals surface area (Å²) in [7, 11) is -3.85. The lowest BCUT2D eigenvalue weighted by Crippen LogP contribution is -2.53. The Kier molecular flexibility index (Phi) is 6.81. The van der Waals surface area contributed by atoms with Crippen molar-refractivity contribution in [3.8, 4) is 16.2 Å². The lowest BCUT2D eigenvalue weighted by molar-refractivity contribution is -0.141. The fourth-order valence-electron chi connectivity index (χ4n) is 3.93. The van der Waals surface area contributed by atoms with Crippen LogP contribution in [0.3, 0.4) is 0 Å². The largest absolute Gasteiger partial charge is 0.508 e. The normalized spacial score (nSPS) is 25.2. The fraction of sp³-hybridized carbons (Fsp3) is 0.450. The number of unbranched alkanes of at least 4 members (excludes halogenated alkanes) is 1. The number of nitrogens with two attached hydrogens (primary N) is 1. The second kappa shape index (κ2) is 8.98. The molecule has 1 saturated heterocycles. The molecule has 1 aromatic heterocycles. The molecule has 2 heterocycles. The maximum atomic E-state index is 12.9. The van der Waals surface area contributed by atoms with Crippen molar-refractivity contribution in [3.63, 3.8) is 0 Å². The van der Waals surface area contributed by atoms with E-state index in [0.717, 1.165) is 16.0 Å². The van der Waals surface area contributed by atoms with Crippen molar-refractivity contribution in [2.45, 2.75) is 31.0 Å². The SMILES string of the molecule is NCCCC[C@@]1(C(=O)O)CN(Cc2ccc(O)cc2-c2cccs2)CCP1(=O)O. The van der Waals surface area contributed by atoms with Crippen molar-refractivity contribution in [2.24, 2.45) is 5.73 Å². The zero-order chi connectivity index (χ0) is 21.1. The van der Waals surface area contributed by atoms with E-state index in [-0.39, 0.29) is 24.9 Å².